The monoisotopic (exact) mass is 685 g/mol. The fraction of sp³-hybridized carbons (Fsp3) is 0.296. The fourth-order valence-corrected chi connectivity index (χ4v) is 8.01. The molecule has 1 fully saturated rings. The minimum Gasteiger partial charge on any atom is -0.478 e. The van der Waals surface area contributed by atoms with E-state index in [0.717, 1.165) is 22.7 Å². The van der Waals surface area contributed by atoms with E-state index < -0.39 is 41.3 Å². The first-order valence-corrected chi connectivity index (χ1v) is 16.5. The molecule has 3 heterocycles. The number of hydrogen-bond acceptors (Lipinski definition) is 9. The molecule has 0 aliphatic carbocycles. The third kappa shape index (κ3) is 8.26. The van der Waals surface area contributed by atoms with E-state index in [9.17, 15) is 29.4 Å². The number of carboxylic acid groups (broad SMARTS) is 2. The van der Waals surface area contributed by atoms with Gasteiger partial charge in [0.05, 0.1) is 10.8 Å². The van der Waals surface area contributed by atoms with Crippen LogP contribution in [-0.4, -0.2) is 85.3 Å². The topological polar surface area (TPSA) is 174 Å². The summed E-state index contributed by atoms with van der Waals surface area (Å²) in [6, 6.07) is 5.88. The Balaban J connectivity index is 1.34. The molecule has 6 N–H and O–H groups in total. The minimum absolute atomic E-state index is 0.0587. The van der Waals surface area contributed by atoms with Crippen molar-refractivity contribution in [1.29, 1.82) is 0 Å². The summed E-state index contributed by atoms with van der Waals surface area (Å²) in [5.74, 6) is -2.60. The third-order valence-corrected chi connectivity index (χ3v) is 10.6. The Kier molecular flexibility index (Phi) is 11.5. The summed E-state index contributed by atoms with van der Waals surface area (Å²) >= 11 is 16.4. The molecule has 11 nitrogen and oxygen atoms in total. The first kappa shape index (κ1) is 33.2. The molecule has 0 spiro atoms. The number of aliphatic hydroxyl groups excluding tert-OH is 1. The molecule has 1 saturated heterocycles. The second-order valence-corrected chi connectivity index (χ2v) is 13.4. The van der Waals surface area contributed by atoms with Crippen LogP contribution in [-0.2, 0) is 25.7 Å². The average molecular weight is 687 g/mol. The molecule has 43 heavy (non-hydrogen) atoms. The first-order chi connectivity index (χ1) is 20.5. The van der Waals surface area contributed by atoms with Gasteiger partial charge in [-0.1, -0.05) is 23.2 Å². The Labute approximate surface area is 269 Å². The average Bonchev–Trinajstić information content (AvgIpc) is 2.98. The number of fused-ring (bicyclic) bond motifs is 1. The van der Waals surface area contributed by atoms with Crippen LogP contribution in [0.2, 0.25) is 10.0 Å². The van der Waals surface area contributed by atoms with Crippen LogP contribution < -0.4 is 15.6 Å². The predicted molar refractivity (Wildman–Crippen MR) is 166 cm³/mol. The van der Waals surface area contributed by atoms with Gasteiger partial charge in [0.1, 0.15) is 23.2 Å². The molecule has 2 aliphatic rings. The molecule has 2 amide bonds. The maximum absolute atomic E-state index is 13.0. The number of carbonyl (C=O) groups is 4. The van der Waals surface area contributed by atoms with Crippen LogP contribution in [0.5, 0.6) is 0 Å². The molecule has 0 bridgehead atoms. The van der Waals surface area contributed by atoms with Crippen LogP contribution in [0.3, 0.4) is 0 Å². The van der Waals surface area contributed by atoms with Gasteiger partial charge in [-0.05, 0) is 29.3 Å². The van der Waals surface area contributed by atoms with Crippen LogP contribution in [0.25, 0.3) is 6.08 Å². The Hall–Kier alpha value is -2.72. The highest BCUT2D eigenvalue weighted by Gasteiger charge is 2.54. The number of aliphatic carboxylic acids is 2. The van der Waals surface area contributed by atoms with Gasteiger partial charge in [0.15, 0.2) is 18.9 Å². The lowest BCUT2D eigenvalue weighted by atomic mass is 10.0. The number of benzene rings is 1. The smallest absolute Gasteiger partial charge is 0.352 e. The molecule has 3 atom stereocenters. The third-order valence-electron chi connectivity index (χ3n) is 6.35. The van der Waals surface area contributed by atoms with E-state index in [2.05, 4.69) is 5.32 Å². The van der Waals surface area contributed by atoms with Gasteiger partial charge in [0.25, 0.3) is 5.91 Å². The lowest BCUT2D eigenvalue weighted by Gasteiger charge is -2.49. The number of nitrogens with two attached hydrogens (primary N) is 1. The lowest BCUT2D eigenvalue weighted by molar-refractivity contribution is -0.703. The van der Waals surface area contributed by atoms with Crippen LogP contribution in [0.4, 0.5) is 0 Å². The van der Waals surface area contributed by atoms with E-state index in [-0.39, 0.29) is 28.0 Å². The molecule has 2 aromatic rings. The number of thioether (sulfide) groups is 3. The Bertz CT molecular complexity index is 1490. The molecule has 2 aliphatic heterocycles. The van der Waals surface area contributed by atoms with Crippen molar-refractivity contribution in [2.75, 3.05) is 23.8 Å². The molecule has 4 rings (SSSR count). The number of nitrogens with zero attached hydrogens (tertiary/aromatic N) is 2. The summed E-state index contributed by atoms with van der Waals surface area (Å²) in [6.07, 6.45) is 5.21. The largest absolute Gasteiger partial charge is 0.478 e. The van der Waals surface area contributed by atoms with Gasteiger partial charge in [-0.2, -0.15) is 0 Å². The van der Waals surface area contributed by atoms with E-state index in [1.807, 2.05) is 12.1 Å². The van der Waals surface area contributed by atoms with Crippen molar-refractivity contribution in [3.05, 3.63) is 69.6 Å². The molecule has 1 aromatic heterocycles. The molecule has 16 heteroatoms. The van der Waals surface area contributed by atoms with Gasteiger partial charge in [-0.15, -0.1) is 35.3 Å². The van der Waals surface area contributed by atoms with E-state index in [0.29, 0.717) is 34.1 Å². The van der Waals surface area contributed by atoms with Crippen molar-refractivity contribution < 1.29 is 39.1 Å². The van der Waals surface area contributed by atoms with Gasteiger partial charge in [-0.3, -0.25) is 14.5 Å². The van der Waals surface area contributed by atoms with Crippen molar-refractivity contribution in [3.63, 3.8) is 0 Å². The number of aliphatic hydroxyl groups is 1. The van der Waals surface area contributed by atoms with Crippen molar-refractivity contribution in [3.8, 4) is 0 Å². The molecule has 1 aromatic carbocycles. The number of amides is 2. The van der Waals surface area contributed by atoms with Crippen molar-refractivity contribution >= 4 is 88.3 Å². The Morgan fingerprint density at radius 1 is 1.19 bits per heavy atom. The first-order valence-electron chi connectivity index (χ1n) is 12.7. The zero-order valence-corrected chi connectivity index (χ0v) is 26.3. The van der Waals surface area contributed by atoms with Gasteiger partial charge < -0.3 is 26.4 Å². The maximum Gasteiger partial charge on any atom is 0.352 e. The molecule has 0 saturated carbocycles. The van der Waals surface area contributed by atoms with Crippen LogP contribution in [0, 0.1) is 0 Å². The molecule has 1 unspecified atom stereocenters. The summed E-state index contributed by atoms with van der Waals surface area (Å²) in [5, 5.41) is 31.1. The van der Waals surface area contributed by atoms with Crippen molar-refractivity contribution in [1.82, 2.24) is 10.2 Å². The summed E-state index contributed by atoms with van der Waals surface area (Å²) in [4.78, 5) is 51.3. The van der Waals surface area contributed by atoms with Gasteiger partial charge in [-0.25, -0.2) is 14.2 Å². The van der Waals surface area contributed by atoms with Crippen molar-refractivity contribution in [2.45, 2.75) is 33.9 Å². The number of pyridine rings is 1. The van der Waals surface area contributed by atoms with Gasteiger partial charge in [0, 0.05) is 51.1 Å². The SMILES string of the molecule is NCC(O)C[n+]1ccc(SCC2=C(C(=O)O)N3C(=O)[C@@H](NC(=O)CSc4cc(Cl)c(/C=C/C(=O)O)cc4Cl)[C@H]3SC2)cc1. The van der Waals surface area contributed by atoms with Crippen molar-refractivity contribution in [2.24, 2.45) is 5.73 Å². The van der Waals surface area contributed by atoms with Crippen LogP contribution >= 0.6 is 58.5 Å². The number of aromatic nitrogens is 1. The number of carboxylic acids is 2. The number of hydrogen-bond donors (Lipinski definition) is 5. The predicted octanol–water partition coefficient (Wildman–Crippen LogP) is 2.32. The normalized spacial score (nSPS) is 18.8. The second kappa shape index (κ2) is 14.8. The number of β-lactam (4-membered cyclic amide) rings is 1. The molecular weight excluding hydrogens is 659 g/mol. The summed E-state index contributed by atoms with van der Waals surface area (Å²) in [7, 11) is 0. The quantitative estimate of drug-likeness (QED) is 0.0906. The zero-order chi connectivity index (χ0) is 31.3. The van der Waals surface area contributed by atoms with E-state index in [4.69, 9.17) is 34.0 Å². The second-order valence-electron chi connectivity index (χ2n) is 9.39. The van der Waals surface area contributed by atoms with Crippen LogP contribution in [0.1, 0.15) is 5.56 Å². The Morgan fingerprint density at radius 3 is 2.56 bits per heavy atom. The van der Waals surface area contributed by atoms with E-state index >= 15 is 0 Å². The maximum atomic E-state index is 13.0. The molecule has 0 radical (unpaired) electrons. The number of rotatable bonds is 13. The Morgan fingerprint density at radius 2 is 1.91 bits per heavy atom. The highest BCUT2D eigenvalue weighted by atomic mass is 35.5. The van der Waals surface area contributed by atoms with E-state index in [1.54, 1.807) is 17.0 Å². The zero-order valence-electron chi connectivity index (χ0n) is 22.3. The summed E-state index contributed by atoms with van der Waals surface area (Å²) in [6.45, 7) is 0.521. The molecule has 228 valence electrons. The highest BCUT2D eigenvalue weighted by molar-refractivity contribution is 8.01. The standard InChI is InChI=1S/C27H26Cl2N4O7S3/c28-18-8-20(19(29)7-14(18)1-2-22(36)37)42-13-21(35)31-23-25(38)33-24(27(39)40)15(12-43-26(23)33)11-41-17-3-5-32(6-4-17)10-16(34)9-30/h1-8,16,23,26,34H,9-13,30H2,(H2-,31,35,36,37,39,40)/p+1/b2-1+/t16?,23-,26-/m1/s1. The number of halogens is 2. The van der Waals surface area contributed by atoms with Gasteiger partial charge >= 0.3 is 11.9 Å². The van der Waals surface area contributed by atoms with Crippen LogP contribution in [0.15, 0.2) is 63.8 Å². The highest BCUT2D eigenvalue weighted by Crippen LogP contribution is 2.42. The fourth-order valence-electron chi connectivity index (χ4n) is 4.25. The number of carbonyl (C=O) groups excluding carboxylic acids is 2. The summed E-state index contributed by atoms with van der Waals surface area (Å²) < 4.78 is 1.80. The van der Waals surface area contributed by atoms with Gasteiger partial charge in [0.2, 0.25) is 5.91 Å². The number of nitrogens with one attached hydrogen (secondary N) is 1. The summed E-state index contributed by atoms with van der Waals surface area (Å²) in [5.41, 5.74) is 6.41. The molecular formula is C27H27Cl2N4O7S3+. The minimum atomic E-state index is -1.20. The van der Waals surface area contributed by atoms with E-state index in [1.165, 1.54) is 46.6 Å². The lowest BCUT2D eigenvalue weighted by Crippen LogP contribution is -2.70.